The van der Waals surface area contributed by atoms with Gasteiger partial charge in [-0.25, -0.2) is 0 Å². The minimum absolute atomic E-state index is 0.0653. The van der Waals surface area contributed by atoms with E-state index in [1.54, 1.807) is 6.20 Å². The second kappa shape index (κ2) is 8.61. The van der Waals surface area contributed by atoms with E-state index in [0.717, 1.165) is 43.9 Å². The smallest absolute Gasteiger partial charge is 0.225 e. The summed E-state index contributed by atoms with van der Waals surface area (Å²) < 4.78 is 0. The van der Waals surface area contributed by atoms with E-state index in [9.17, 15) is 4.79 Å². The summed E-state index contributed by atoms with van der Waals surface area (Å²) >= 11 is 0. The van der Waals surface area contributed by atoms with Gasteiger partial charge in [0.1, 0.15) is 0 Å². The van der Waals surface area contributed by atoms with Gasteiger partial charge in [0.25, 0.3) is 0 Å². The van der Waals surface area contributed by atoms with Gasteiger partial charge in [0.05, 0.1) is 17.4 Å². The van der Waals surface area contributed by atoms with Crippen LogP contribution in [-0.4, -0.2) is 33.9 Å². The Balaban J connectivity index is 1.76. The van der Waals surface area contributed by atoms with Crippen LogP contribution in [0.5, 0.6) is 0 Å². The van der Waals surface area contributed by atoms with Crippen molar-refractivity contribution in [3.05, 3.63) is 60.2 Å². The molecule has 1 amide bonds. The van der Waals surface area contributed by atoms with Crippen LogP contribution < -0.4 is 5.32 Å². The van der Waals surface area contributed by atoms with E-state index in [-0.39, 0.29) is 11.9 Å². The molecule has 1 fully saturated rings. The van der Waals surface area contributed by atoms with E-state index in [2.05, 4.69) is 26.3 Å². The molecule has 0 unspecified atom stereocenters. The van der Waals surface area contributed by atoms with E-state index in [4.69, 9.17) is 0 Å². The van der Waals surface area contributed by atoms with Crippen molar-refractivity contribution in [2.24, 2.45) is 11.3 Å². The molecule has 144 valence electrons. The number of nitrogens with zero attached hydrogens (tertiary/aromatic N) is 3. The number of likely N-dealkylation sites (tertiary alicyclic amines) is 1. The number of aromatic nitrogens is 2. The van der Waals surface area contributed by atoms with Crippen LogP contribution in [-0.2, 0) is 11.3 Å². The zero-order valence-corrected chi connectivity index (χ0v) is 16.6. The van der Waals surface area contributed by atoms with E-state index >= 15 is 0 Å². The molecular weight excluding hydrogens is 336 g/mol. The van der Waals surface area contributed by atoms with Crippen molar-refractivity contribution in [2.45, 2.75) is 46.2 Å². The average Bonchev–Trinajstić information content (AvgIpc) is 2.67. The molecule has 3 heterocycles. The molecule has 5 heteroatoms. The Labute approximate surface area is 162 Å². The van der Waals surface area contributed by atoms with Gasteiger partial charge in [-0.15, -0.1) is 0 Å². The van der Waals surface area contributed by atoms with Crippen LogP contribution in [0.3, 0.4) is 0 Å². The summed E-state index contributed by atoms with van der Waals surface area (Å²) in [4.78, 5) is 24.2. The lowest BCUT2D eigenvalue weighted by molar-refractivity contribution is -0.130. The number of hydrogen-bond acceptors (Lipinski definition) is 4. The largest absolute Gasteiger partial charge is 0.347 e. The van der Waals surface area contributed by atoms with Gasteiger partial charge in [-0.3, -0.25) is 19.7 Å². The van der Waals surface area contributed by atoms with Crippen LogP contribution in [0, 0.1) is 11.3 Å². The van der Waals surface area contributed by atoms with Gasteiger partial charge in [0.15, 0.2) is 0 Å². The first kappa shape index (κ1) is 19.5. The zero-order chi connectivity index (χ0) is 19.3. The normalized spacial score (nSPS) is 19.4. The molecular formula is C22H30N4O. The third kappa shape index (κ3) is 5.36. The molecule has 1 N–H and O–H groups in total. The molecule has 5 nitrogen and oxygen atoms in total. The highest BCUT2D eigenvalue weighted by atomic mass is 16.2. The van der Waals surface area contributed by atoms with Crippen LogP contribution in [0.1, 0.15) is 51.0 Å². The maximum absolute atomic E-state index is 12.7. The molecule has 2 aromatic rings. The Morgan fingerprint density at radius 2 is 1.93 bits per heavy atom. The minimum atomic E-state index is -0.421. The summed E-state index contributed by atoms with van der Waals surface area (Å²) in [5.41, 5.74) is 1.61. The maximum Gasteiger partial charge on any atom is 0.225 e. The molecule has 0 saturated carbocycles. The summed E-state index contributed by atoms with van der Waals surface area (Å²) in [6.07, 6.45) is 5.85. The SMILES string of the molecule is CC(C)(C)C(=O)N[C@H](c1ccccn1)[C@H]1CCCN(Cc2ccccn2)C1. The van der Waals surface area contributed by atoms with Crippen molar-refractivity contribution >= 4 is 5.91 Å². The lowest BCUT2D eigenvalue weighted by Crippen LogP contribution is -2.45. The molecule has 0 bridgehead atoms. The number of pyridine rings is 2. The van der Waals surface area contributed by atoms with E-state index in [0.29, 0.717) is 5.92 Å². The van der Waals surface area contributed by atoms with Gasteiger partial charge in [0, 0.05) is 30.9 Å². The Morgan fingerprint density at radius 1 is 1.19 bits per heavy atom. The number of carbonyl (C=O) groups excluding carboxylic acids is 1. The van der Waals surface area contributed by atoms with Crippen molar-refractivity contribution in [1.82, 2.24) is 20.2 Å². The fourth-order valence-electron chi connectivity index (χ4n) is 3.58. The summed E-state index contributed by atoms with van der Waals surface area (Å²) in [7, 11) is 0. The van der Waals surface area contributed by atoms with Crippen molar-refractivity contribution in [2.75, 3.05) is 13.1 Å². The summed E-state index contributed by atoms with van der Waals surface area (Å²) in [6, 6.07) is 11.9. The van der Waals surface area contributed by atoms with Gasteiger partial charge >= 0.3 is 0 Å². The Morgan fingerprint density at radius 3 is 2.56 bits per heavy atom. The number of amides is 1. The number of rotatable bonds is 5. The predicted octanol–water partition coefficient (Wildman–Crippen LogP) is 3.59. The lowest BCUT2D eigenvalue weighted by Gasteiger charge is -2.37. The van der Waals surface area contributed by atoms with Crippen LogP contribution >= 0.6 is 0 Å². The number of carbonyl (C=O) groups is 1. The van der Waals surface area contributed by atoms with E-state index < -0.39 is 5.41 Å². The highest BCUT2D eigenvalue weighted by Crippen LogP contribution is 2.30. The van der Waals surface area contributed by atoms with Gasteiger partial charge in [-0.05, 0) is 49.6 Å². The molecule has 27 heavy (non-hydrogen) atoms. The van der Waals surface area contributed by atoms with Crippen molar-refractivity contribution < 1.29 is 4.79 Å². The standard InChI is InChI=1S/C22H30N4O/c1-22(2,3)21(27)25-20(19-11-5-7-13-24-19)17-9-8-14-26(15-17)16-18-10-4-6-12-23-18/h4-7,10-13,17,20H,8-9,14-16H2,1-3H3,(H,25,27)/t17-,20-/m0/s1. The van der Waals surface area contributed by atoms with E-state index in [1.807, 2.05) is 57.3 Å². The van der Waals surface area contributed by atoms with Crippen molar-refractivity contribution in [3.8, 4) is 0 Å². The molecule has 2 atom stereocenters. The van der Waals surface area contributed by atoms with Crippen molar-refractivity contribution in [3.63, 3.8) is 0 Å². The Bertz CT molecular complexity index is 727. The molecule has 1 saturated heterocycles. The second-order valence-corrected chi connectivity index (χ2v) is 8.41. The molecule has 2 aromatic heterocycles. The topological polar surface area (TPSA) is 58.1 Å². The monoisotopic (exact) mass is 366 g/mol. The first-order valence-corrected chi connectivity index (χ1v) is 9.77. The van der Waals surface area contributed by atoms with Gasteiger partial charge in [-0.2, -0.15) is 0 Å². The minimum Gasteiger partial charge on any atom is -0.347 e. The van der Waals surface area contributed by atoms with E-state index in [1.165, 1.54) is 0 Å². The van der Waals surface area contributed by atoms with Gasteiger partial charge in [-0.1, -0.05) is 32.9 Å². The number of nitrogens with one attached hydrogen (secondary N) is 1. The van der Waals surface area contributed by atoms with Crippen LogP contribution in [0.25, 0.3) is 0 Å². The first-order valence-electron chi connectivity index (χ1n) is 9.77. The quantitative estimate of drug-likeness (QED) is 0.878. The molecule has 0 aromatic carbocycles. The maximum atomic E-state index is 12.7. The van der Waals surface area contributed by atoms with Crippen molar-refractivity contribution in [1.29, 1.82) is 0 Å². The zero-order valence-electron chi connectivity index (χ0n) is 16.6. The molecule has 1 aliphatic rings. The molecule has 0 spiro atoms. The summed E-state index contributed by atoms with van der Waals surface area (Å²) in [5.74, 6) is 0.406. The number of hydrogen-bond donors (Lipinski definition) is 1. The predicted molar refractivity (Wildman–Crippen MR) is 107 cm³/mol. The third-order valence-corrected chi connectivity index (χ3v) is 5.10. The Hall–Kier alpha value is -2.27. The lowest BCUT2D eigenvalue weighted by atomic mass is 9.86. The third-order valence-electron chi connectivity index (χ3n) is 5.10. The second-order valence-electron chi connectivity index (χ2n) is 8.41. The van der Waals surface area contributed by atoms with Gasteiger partial charge in [0.2, 0.25) is 5.91 Å². The highest BCUT2D eigenvalue weighted by molar-refractivity contribution is 5.81. The molecule has 3 rings (SSSR count). The summed E-state index contributed by atoms with van der Waals surface area (Å²) in [5, 5.41) is 3.28. The summed E-state index contributed by atoms with van der Waals surface area (Å²) in [6.45, 7) is 8.70. The van der Waals surface area contributed by atoms with Crippen LogP contribution in [0.15, 0.2) is 48.8 Å². The fraction of sp³-hybridized carbons (Fsp3) is 0.500. The molecule has 0 aliphatic carbocycles. The van der Waals surface area contributed by atoms with Gasteiger partial charge < -0.3 is 5.32 Å². The number of piperidine rings is 1. The highest BCUT2D eigenvalue weighted by Gasteiger charge is 2.33. The first-order chi connectivity index (χ1) is 12.9. The fourth-order valence-corrected chi connectivity index (χ4v) is 3.58. The molecule has 0 radical (unpaired) electrons. The van der Waals surface area contributed by atoms with Crippen LogP contribution in [0.4, 0.5) is 0 Å². The molecule has 1 aliphatic heterocycles. The van der Waals surface area contributed by atoms with Crippen LogP contribution in [0.2, 0.25) is 0 Å². The average molecular weight is 367 g/mol. The Kier molecular flexibility index (Phi) is 6.22.